The van der Waals surface area contributed by atoms with Gasteiger partial charge in [-0.3, -0.25) is 4.90 Å². The van der Waals surface area contributed by atoms with Crippen molar-refractivity contribution in [1.29, 1.82) is 0 Å². The zero-order chi connectivity index (χ0) is 14.4. The summed E-state index contributed by atoms with van der Waals surface area (Å²) in [6, 6.07) is 8.42. The van der Waals surface area contributed by atoms with E-state index >= 15 is 0 Å². The van der Waals surface area contributed by atoms with E-state index in [2.05, 4.69) is 55.4 Å². The minimum atomic E-state index is 0.336. The van der Waals surface area contributed by atoms with Gasteiger partial charge in [0.05, 0.1) is 0 Å². The number of fused-ring (bicyclic) bond motifs is 1. The molecule has 3 nitrogen and oxygen atoms in total. The third-order valence-electron chi connectivity index (χ3n) is 4.09. The monoisotopic (exact) mass is 276 g/mol. The van der Waals surface area contributed by atoms with Crippen LogP contribution in [0.1, 0.15) is 32.3 Å². The number of ether oxygens (including phenoxy) is 1. The third-order valence-corrected chi connectivity index (χ3v) is 4.09. The zero-order valence-corrected chi connectivity index (χ0v) is 13.1. The van der Waals surface area contributed by atoms with Crippen molar-refractivity contribution in [2.45, 2.75) is 33.2 Å². The molecule has 1 aromatic carbocycles. The van der Waals surface area contributed by atoms with E-state index in [1.54, 1.807) is 0 Å². The van der Waals surface area contributed by atoms with E-state index in [1.807, 2.05) is 0 Å². The van der Waals surface area contributed by atoms with Crippen molar-refractivity contribution >= 4 is 0 Å². The van der Waals surface area contributed by atoms with Gasteiger partial charge in [-0.1, -0.05) is 38.5 Å². The first-order valence-corrected chi connectivity index (χ1v) is 7.74. The molecule has 1 aromatic rings. The van der Waals surface area contributed by atoms with E-state index < -0.39 is 0 Å². The van der Waals surface area contributed by atoms with Crippen molar-refractivity contribution in [1.82, 2.24) is 10.2 Å². The van der Waals surface area contributed by atoms with Gasteiger partial charge in [-0.15, -0.1) is 0 Å². The van der Waals surface area contributed by atoms with Gasteiger partial charge in [0.1, 0.15) is 12.4 Å². The standard InChI is InChI=1S/C17H28N2O/c1-4-9-17(2,13-18-3)14-19-10-11-20-16-8-6-5-7-15(16)12-19/h5-8,18H,4,9-14H2,1-3H3. The first-order chi connectivity index (χ1) is 9.67. The molecule has 1 atom stereocenters. The number of hydrogen-bond donors (Lipinski definition) is 1. The highest BCUT2D eigenvalue weighted by atomic mass is 16.5. The van der Waals surface area contributed by atoms with Gasteiger partial charge in [0.15, 0.2) is 0 Å². The molecule has 1 unspecified atom stereocenters. The molecule has 0 aliphatic carbocycles. The van der Waals surface area contributed by atoms with Crippen LogP contribution in [0.4, 0.5) is 0 Å². The van der Waals surface area contributed by atoms with Gasteiger partial charge in [-0.2, -0.15) is 0 Å². The van der Waals surface area contributed by atoms with E-state index in [4.69, 9.17) is 4.74 Å². The first-order valence-electron chi connectivity index (χ1n) is 7.74. The molecule has 1 heterocycles. The first kappa shape index (κ1) is 15.3. The van der Waals surface area contributed by atoms with Crippen LogP contribution >= 0.6 is 0 Å². The van der Waals surface area contributed by atoms with Gasteiger partial charge < -0.3 is 10.1 Å². The van der Waals surface area contributed by atoms with Gasteiger partial charge >= 0.3 is 0 Å². The number of rotatable bonds is 6. The van der Waals surface area contributed by atoms with Gasteiger partial charge in [0, 0.05) is 31.7 Å². The van der Waals surface area contributed by atoms with Gasteiger partial charge in [0.25, 0.3) is 0 Å². The zero-order valence-electron chi connectivity index (χ0n) is 13.1. The van der Waals surface area contributed by atoms with Crippen LogP contribution in [0.5, 0.6) is 5.75 Å². The van der Waals surface area contributed by atoms with E-state index in [9.17, 15) is 0 Å². The Bertz CT molecular complexity index is 413. The van der Waals surface area contributed by atoms with Crippen molar-refractivity contribution in [2.75, 3.05) is 33.3 Å². The fourth-order valence-electron chi connectivity index (χ4n) is 3.31. The molecule has 20 heavy (non-hydrogen) atoms. The molecule has 1 N–H and O–H groups in total. The number of para-hydroxylation sites is 1. The molecule has 1 aliphatic heterocycles. The molecule has 0 fully saturated rings. The number of benzene rings is 1. The molecule has 0 saturated carbocycles. The van der Waals surface area contributed by atoms with E-state index in [0.717, 1.165) is 38.5 Å². The summed E-state index contributed by atoms with van der Waals surface area (Å²) in [6.45, 7) is 9.66. The minimum absolute atomic E-state index is 0.336. The Hall–Kier alpha value is -1.06. The van der Waals surface area contributed by atoms with Crippen molar-refractivity contribution < 1.29 is 4.74 Å². The topological polar surface area (TPSA) is 24.5 Å². The van der Waals surface area contributed by atoms with Crippen LogP contribution in [0, 0.1) is 5.41 Å². The lowest BCUT2D eigenvalue weighted by Crippen LogP contribution is -2.42. The summed E-state index contributed by atoms with van der Waals surface area (Å²) in [6.07, 6.45) is 2.49. The summed E-state index contributed by atoms with van der Waals surface area (Å²) in [7, 11) is 2.05. The maximum absolute atomic E-state index is 5.86. The van der Waals surface area contributed by atoms with Crippen LogP contribution in [-0.4, -0.2) is 38.2 Å². The molecule has 112 valence electrons. The SMILES string of the molecule is CCCC(C)(CNC)CN1CCOc2ccccc2C1. The Morgan fingerprint density at radius 1 is 1.35 bits per heavy atom. The van der Waals surface area contributed by atoms with Crippen LogP contribution in [0.2, 0.25) is 0 Å². The summed E-state index contributed by atoms with van der Waals surface area (Å²) in [5, 5.41) is 3.36. The third kappa shape index (κ3) is 3.97. The van der Waals surface area contributed by atoms with E-state index in [0.29, 0.717) is 5.41 Å². The van der Waals surface area contributed by atoms with Crippen molar-refractivity contribution in [3.05, 3.63) is 29.8 Å². The Kier molecular flexibility index (Phi) is 5.44. The van der Waals surface area contributed by atoms with Crippen LogP contribution in [0.15, 0.2) is 24.3 Å². The highest BCUT2D eigenvalue weighted by Gasteiger charge is 2.27. The van der Waals surface area contributed by atoms with Crippen LogP contribution in [0.25, 0.3) is 0 Å². The van der Waals surface area contributed by atoms with Crippen molar-refractivity contribution in [2.24, 2.45) is 5.41 Å². The number of nitrogens with zero attached hydrogens (tertiary/aromatic N) is 1. The second-order valence-corrected chi connectivity index (χ2v) is 6.26. The average molecular weight is 276 g/mol. The Labute approximate surface area is 123 Å². The molecule has 1 aliphatic rings. The highest BCUT2D eigenvalue weighted by molar-refractivity contribution is 5.33. The Balaban J connectivity index is 2.05. The predicted octanol–water partition coefficient (Wildman–Crippen LogP) is 2.91. The lowest BCUT2D eigenvalue weighted by atomic mass is 9.84. The Morgan fingerprint density at radius 3 is 2.90 bits per heavy atom. The number of hydrogen-bond acceptors (Lipinski definition) is 3. The second-order valence-electron chi connectivity index (χ2n) is 6.26. The smallest absolute Gasteiger partial charge is 0.123 e. The van der Waals surface area contributed by atoms with Gasteiger partial charge in [-0.25, -0.2) is 0 Å². The molecule has 0 amide bonds. The van der Waals surface area contributed by atoms with E-state index in [1.165, 1.54) is 18.4 Å². The molecule has 0 radical (unpaired) electrons. The summed E-state index contributed by atoms with van der Waals surface area (Å²) in [4.78, 5) is 2.54. The minimum Gasteiger partial charge on any atom is -0.492 e. The predicted molar refractivity (Wildman–Crippen MR) is 84.2 cm³/mol. The Morgan fingerprint density at radius 2 is 2.15 bits per heavy atom. The van der Waals surface area contributed by atoms with Gasteiger partial charge in [0.2, 0.25) is 0 Å². The normalized spacial score (nSPS) is 18.8. The lowest BCUT2D eigenvalue weighted by molar-refractivity contribution is 0.136. The molecule has 2 rings (SSSR count). The summed E-state index contributed by atoms with van der Waals surface area (Å²) >= 11 is 0. The maximum Gasteiger partial charge on any atom is 0.123 e. The molecule has 0 saturated heterocycles. The fourth-order valence-corrected chi connectivity index (χ4v) is 3.31. The molecule has 0 spiro atoms. The van der Waals surface area contributed by atoms with Crippen LogP contribution < -0.4 is 10.1 Å². The van der Waals surface area contributed by atoms with Crippen molar-refractivity contribution in [3.8, 4) is 5.75 Å². The van der Waals surface area contributed by atoms with E-state index in [-0.39, 0.29) is 0 Å². The maximum atomic E-state index is 5.86. The highest BCUT2D eigenvalue weighted by Crippen LogP contribution is 2.28. The molecular weight excluding hydrogens is 248 g/mol. The molecule has 0 aromatic heterocycles. The largest absolute Gasteiger partial charge is 0.492 e. The molecule has 3 heteroatoms. The molecule has 0 bridgehead atoms. The summed E-state index contributed by atoms with van der Waals surface area (Å²) in [5.74, 6) is 1.06. The number of nitrogens with one attached hydrogen (secondary N) is 1. The second kappa shape index (κ2) is 7.09. The van der Waals surface area contributed by atoms with Crippen molar-refractivity contribution in [3.63, 3.8) is 0 Å². The summed E-state index contributed by atoms with van der Waals surface area (Å²) < 4.78 is 5.86. The van der Waals surface area contributed by atoms with Crippen LogP contribution in [0.3, 0.4) is 0 Å². The quantitative estimate of drug-likeness (QED) is 0.864. The fraction of sp³-hybridized carbons (Fsp3) is 0.647. The average Bonchev–Trinajstić information content (AvgIpc) is 2.60. The van der Waals surface area contributed by atoms with Crippen LogP contribution in [-0.2, 0) is 6.54 Å². The molecular formula is C17H28N2O. The van der Waals surface area contributed by atoms with Gasteiger partial charge in [-0.05, 0) is 24.9 Å². The summed E-state index contributed by atoms with van der Waals surface area (Å²) in [5.41, 5.74) is 1.65. The lowest BCUT2D eigenvalue weighted by Gasteiger charge is -2.35.